The van der Waals surface area contributed by atoms with Crippen molar-refractivity contribution in [3.63, 3.8) is 0 Å². The van der Waals surface area contributed by atoms with Crippen LogP contribution >= 0.6 is 34.8 Å². The minimum absolute atomic E-state index is 0.147. The summed E-state index contributed by atoms with van der Waals surface area (Å²) in [4.78, 5) is 30.4. The molecule has 3 aliphatic rings. The zero-order valence-corrected chi connectivity index (χ0v) is 22.6. The highest BCUT2D eigenvalue weighted by molar-refractivity contribution is 6.31. The average Bonchev–Trinajstić information content (AvgIpc) is 2.85. The molecule has 0 aromatic carbocycles. The van der Waals surface area contributed by atoms with Gasteiger partial charge >= 0.3 is 0 Å². The second-order valence-corrected chi connectivity index (χ2v) is 11.2. The Morgan fingerprint density at radius 2 is 1.03 bits per heavy atom. The van der Waals surface area contributed by atoms with Crippen LogP contribution in [-0.4, -0.2) is 117 Å². The number of quaternary nitrogens is 2. The Kier molecular flexibility index (Phi) is 7.20. The molecule has 2 aromatic rings. The number of anilines is 2. The van der Waals surface area contributed by atoms with E-state index in [1.807, 2.05) is 0 Å². The molecule has 1 atom stereocenters. The van der Waals surface area contributed by atoms with Gasteiger partial charge in [-0.1, -0.05) is 13.8 Å². The molecular weight excluding hydrogens is 511 g/mol. The second-order valence-electron chi connectivity index (χ2n) is 10.2. The van der Waals surface area contributed by atoms with Crippen molar-refractivity contribution in [1.29, 1.82) is 0 Å². The van der Waals surface area contributed by atoms with E-state index < -0.39 is 0 Å². The molecule has 35 heavy (non-hydrogen) atoms. The zero-order valence-electron chi connectivity index (χ0n) is 20.4. The third-order valence-electron chi connectivity index (χ3n) is 8.28. The molecule has 0 radical (unpaired) electrons. The highest BCUT2D eigenvalue weighted by Crippen LogP contribution is 2.27. The van der Waals surface area contributed by atoms with Gasteiger partial charge in [0.1, 0.15) is 32.0 Å². The molecule has 0 amide bonds. The molecule has 190 valence electrons. The maximum atomic E-state index is 6.24. The van der Waals surface area contributed by atoms with Gasteiger partial charge in [-0.25, -0.2) is 4.98 Å². The summed E-state index contributed by atoms with van der Waals surface area (Å²) >= 11 is 18.2. The first-order chi connectivity index (χ1) is 16.8. The van der Waals surface area contributed by atoms with Crippen molar-refractivity contribution in [1.82, 2.24) is 29.9 Å². The number of nitrogens with zero attached hydrogens (tertiary/aromatic N) is 10. The smallest absolute Gasteiger partial charge is 0.231 e. The molecule has 10 nitrogen and oxygen atoms in total. The van der Waals surface area contributed by atoms with Crippen molar-refractivity contribution in [2.24, 2.45) is 0 Å². The van der Waals surface area contributed by atoms with Crippen molar-refractivity contribution in [3.8, 4) is 0 Å². The Morgan fingerprint density at radius 1 is 0.629 bits per heavy atom. The van der Waals surface area contributed by atoms with Crippen LogP contribution in [0, 0.1) is 0 Å². The summed E-state index contributed by atoms with van der Waals surface area (Å²) < 4.78 is 2.37. The van der Waals surface area contributed by atoms with Crippen LogP contribution in [-0.2, 0) is 0 Å². The van der Waals surface area contributed by atoms with Crippen molar-refractivity contribution in [3.05, 3.63) is 21.7 Å². The van der Waals surface area contributed by atoms with Crippen molar-refractivity contribution in [2.75, 3.05) is 88.3 Å². The Hall–Kier alpha value is -1.59. The number of aromatic nitrogens is 6. The summed E-state index contributed by atoms with van der Waals surface area (Å²) in [6.45, 7) is 17.3. The Balaban J connectivity index is 1.16. The predicted octanol–water partition coefficient (Wildman–Crippen LogP) is 2.52. The fourth-order valence-electron chi connectivity index (χ4n) is 5.50. The molecule has 0 saturated carbocycles. The molecule has 3 saturated heterocycles. The van der Waals surface area contributed by atoms with E-state index in [0.29, 0.717) is 11.2 Å². The predicted molar refractivity (Wildman–Crippen MR) is 137 cm³/mol. The van der Waals surface area contributed by atoms with E-state index in [2.05, 4.69) is 48.6 Å². The lowest BCUT2D eigenvalue weighted by Crippen LogP contribution is -2.73. The number of rotatable bonds is 4. The van der Waals surface area contributed by atoms with Gasteiger partial charge in [-0.05, 0) is 41.2 Å². The lowest BCUT2D eigenvalue weighted by atomic mass is 10.1. The number of hydrogen-bond donors (Lipinski definition) is 0. The van der Waals surface area contributed by atoms with E-state index >= 15 is 0 Å². The zero-order chi connectivity index (χ0) is 24.6. The lowest BCUT2D eigenvalue weighted by molar-refractivity contribution is -1.03. The standard InChI is InChI=1S/C22H33Cl3N10/c1-3-16(2)17-26-18(23)29-21(27-17)32-4-8-34(9-5-32)12-14-35(15-13-34)10-6-33(7-11-35)22-30-19(24)28-20(25)31-22/h16H,3-15H2,1-2H3/q+2. The van der Waals surface area contributed by atoms with Gasteiger partial charge in [0.2, 0.25) is 27.7 Å². The minimum Gasteiger partial charge on any atom is -0.329 e. The Labute approximate surface area is 221 Å². The fraction of sp³-hybridized carbons (Fsp3) is 0.727. The molecule has 0 bridgehead atoms. The van der Waals surface area contributed by atoms with Gasteiger partial charge in [0, 0.05) is 5.92 Å². The van der Waals surface area contributed by atoms with E-state index in [1.165, 1.54) is 35.1 Å². The van der Waals surface area contributed by atoms with Crippen LogP contribution in [0.4, 0.5) is 11.9 Å². The first-order valence-corrected chi connectivity index (χ1v) is 13.6. The second kappa shape index (κ2) is 10.0. The summed E-state index contributed by atoms with van der Waals surface area (Å²) in [7, 11) is 0. The molecule has 5 heterocycles. The van der Waals surface area contributed by atoms with E-state index in [1.54, 1.807) is 0 Å². The van der Waals surface area contributed by atoms with Gasteiger partial charge in [0.05, 0.1) is 52.4 Å². The van der Waals surface area contributed by atoms with Gasteiger partial charge < -0.3 is 18.8 Å². The topological polar surface area (TPSA) is 83.8 Å². The maximum Gasteiger partial charge on any atom is 0.231 e. The third kappa shape index (κ3) is 5.41. The lowest BCUT2D eigenvalue weighted by Gasteiger charge is -2.54. The first kappa shape index (κ1) is 25.1. The van der Waals surface area contributed by atoms with Crippen molar-refractivity contribution >= 4 is 46.7 Å². The quantitative estimate of drug-likeness (QED) is 0.544. The maximum absolute atomic E-state index is 6.24. The molecule has 2 spiro atoms. The van der Waals surface area contributed by atoms with Crippen LogP contribution in [0.1, 0.15) is 32.0 Å². The normalized spacial score (nSPS) is 22.5. The molecule has 5 rings (SSSR count). The molecule has 3 aliphatic heterocycles. The first-order valence-electron chi connectivity index (χ1n) is 12.5. The van der Waals surface area contributed by atoms with E-state index in [4.69, 9.17) is 39.8 Å². The van der Waals surface area contributed by atoms with Crippen LogP contribution in [0.25, 0.3) is 0 Å². The number of piperazine rings is 3. The summed E-state index contributed by atoms with van der Waals surface area (Å²) in [6, 6.07) is 0. The molecule has 3 fully saturated rings. The summed E-state index contributed by atoms with van der Waals surface area (Å²) in [5, 5.41) is 0.590. The molecular formula is C22H33Cl3N10+2. The molecule has 2 aromatic heterocycles. The summed E-state index contributed by atoms with van der Waals surface area (Å²) in [6.07, 6.45) is 0.981. The molecule has 1 unspecified atom stereocenters. The van der Waals surface area contributed by atoms with Crippen LogP contribution < -0.4 is 9.80 Å². The van der Waals surface area contributed by atoms with Gasteiger partial charge in [-0.15, -0.1) is 0 Å². The van der Waals surface area contributed by atoms with E-state index in [0.717, 1.165) is 70.6 Å². The molecule has 0 N–H and O–H groups in total. The number of hydrogen-bond acceptors (Lipinski definition) is 8. The third-order valence-corrected chi connectivity index (χ3v) is 8.78. The largest absolute Gasteiger partial charge is 0.329 e. The molecule has 13 heteroatoms. The van der Waals surface area contributed by atoms with E-state index in [-0.39, 0.29) is 16.5 Å². The highest BCUT2D eigenvalue weighted by atomic mass is 35.5. The van der Waals surface area contributed by atoms with Gasteiger partial charge in [-0.2, -0.15) is 24.9 Å². The van der Waals surface area contributed by atoms with Crippen molar-refractivity contribution < 1.29 is 8.97 Å². The summed E-state index contributed by atoms with van der Waals surface area (Å²) in [5.74, 6) is 2.38. The van der Waals surface area contributed by atoms with Crippen LogP contribution in [0.15, 0.2) is 0 Å². The van der Waals surface area contributed by atoms with Gasteiger partial charge in [-0.3, -0.25) is 0 Å². The Bertz CT molecular complexity index is 1020. The highest BCUT2D eigenvalue weighted by Gasteiger charge is 2.45. The average molecular weight is 544 g/mol. The summed E-state index contributed by atoms with van der Waals surface area (Å²) in [5.41, 5.74) is 0. The van der Waals surface area contributed by atoms with Crippen LogP contribution in [0.2, 0.25) is 15.9 Å². The van der Waals surface area contributed by atoms with Crippen LogP contribution in [0.5, 0.6) is 0 Å². The van der Waals surface area contributed by atoms with Crippen LogP contribution in [0.3, 0.4) is 0 Å². The SMILES string of the molecule is CCC(C)c1nc(Cl)nc(N2CC[N+]3(CC2)CC[N+]2(CCN(c4nc(Cl)nc(Cl)n4)CC2)CC3)n1. The molecule has 0 aliphatic carbocycles. The van der Waals surface area contributed by atoms with E-state index in [9.17, 15) is 0 Å². The Morgan fingerprint density at radius 3 is 1.46 bits per heavy atom. The van der Waals surface area contributed by atoms with Gasteiger partial charge in [0.25, 0.3) is 0 Å². The van der Waals surface area contributed by atoms with Gasteiger partial charge in [0.15, 0.2) is 0 Å². The number of halogens is 3. The van der Waals surface area contributed by atoms with Crippen molar-refractivity contribution in [2.45, 2.75) is 26.2 Å². The monoisotopic (exact) mass is 542 g/mol. The minimum atomic E-state index is 0.147. The fourth-order valence-corrected chi connectivity index (χ4v) is 6.02.